The minimum Gasteiger partial charge on any atom is -0.312 e. The van der Waals surface area contributed by atoms with Crippen LogP contribution in [0.25, 0.3) is 0 Å². The summed E-state index contributed by atoms with van der Waals surface area (Å²) in [7, 11) is 0. The molecule has 3 heteroatoms. The Bertz CT molecular complexity index is 329. The molecule has 1 aliphatic carbocycles. The third-order valence-electron chi connectivity index (χ3n) is 3.88. The maximum atomic E-state index is 4.44. The van der Waals surface area contributed by atoms with E-state index in [0.29, 0.717) is 17.5 Å². The highest BCUT2D eigenvalue weighted by Gasteiger charge is 2.35. The third kappa shape index (κ3) is 3.09. The SMILES string of the molecule is CCCNC1CCC(C)(C)CC1n1cccn1. The van der Waals surface area contributed by atoms with Gasteiger partial charge in [0.25, 0.3) is 0 Å². The van der Waals surface area contributed by atoms with Crippen LogP contribution >= 0.6 is 0 Å². The largest absolute Gasteiger partial charge is 0.312 e. The van der Waals surface area contributed by atoms with Crippen LogP contribution in [0.15, 0.2) is 18.5 Å². The number of hydrogen-bond acceptors (Lipinski definition) is 2. The minimum absolute atomic E-state index is 0.445. The molecule has 0 bridgehead atoms. The van der Waals surface area contributed by atoms with Crippen LogP contribution in [0.3, 0.4) is 0 Å². The molecule has 1 aromatic rings. The van der Waals surface area contributed by atoms with Crippen molar-refractivity contribution >= 4 is 0 Å². The highest BCUT2D eigenvalue weighted by molar-refractivity contribution is 4.94. The van der Waals surface area contributed by atoms with Crippen LogP contribution in [0, 0.1) is 5.41 Å². The number of hydrogen-bond donors (Lipinski definition) is 1. The van der Waals surface area contributed by atoms with Crippen LogP contribution in [-0.4, -0.2) is 22.4 Å². The quantitative estimate of drug-likeness (QED) is 0.869. The van der Waals surface area contributed by atoms with Gasteiger partial charge in [0.1, 0.15) is 0 Å². The van der Waals surface area contributed by atoms with Crippen molar-refractivity contribution in [2.75, 3.05) is 6.54 Å². The van der Waals surface area contributed by atoms with E-state index in [1.807, 2.05) is 12.3 Å². The Morgan fingerprint density at radius 1 is 1.47 bits per heavy atom. The molecule has 0 saturated heterocycles. The number of nitrogens with zero attached hydrogens (tertiary/aromatic N) is 2. The second-order valence-corrected chi connectivity index (χ2v) is 6.02. The van der Waals surface area contributed by atoms with Crippen molar-refractivity contribution in [3.63, 3.8) is 0 Å². The van der Waals surface area contributed by atoms with Crippen molar-refractivity contribution in [2.24, 2.45) is 5.41 Å². The molecule has 0 amide bonds. The van der Waals surface area contributed by atoms with E-state index < -0.39 is 0 Å². The van der Waals surface area contributed by atoms with Crippen molar-refractivity contribution in [1.29, 1.82) is 0 Å². The van der Waals surface area contributed by atoms with Crippen LogP contribution < -0.4 is 5.32 Å². The molecular weight excluding hydrogens is 210 g/mol. The lowest BCUT2D eigenvalue weighted by atomic mass is 9.73. The average molecular weight is 235 g/mol. The summed E-state index contributed by atoms with van der Waals surface area (Å²) in [5, 5.41) is 8.13. The lowest BCUT2D eigenvalue weighted by Gasteiger charge is -2.41. The molecule has 3 nitrogen and oxygen atoms in total. The molecule has 96 valence electrons. The van der Waals surface area contributed by atoms with Gasteiger partial charge < -0.3 is 5.32 Å². The summed E-state index contributed by atoms with van der Waals surface area (Å²) in [6.45, 7) is 8.09. The van der Waals surface area contributed by atoms with Crippen LogP contribution in [0.1, 0.15) is 52.5 Å². The van der Waals surface area contributed by atoms with Crippen LogP contribution in [0.5, 0.6) is 0 Å². The summed E-state index contributed by atoms with van der Waals surface area (Å²) in [4.78, 5) is 0. The van der Waals surface area contributed by atoms with E-state index in [1.54, 1.807) is 0 Å². The third-order valence-corrected chi connectivity index (χ3v) is 3.88. The maximum absolute atomic E-state index is 4.44. The fourth-order valence-electron chi connectivity index (χ4n) is 2.87. The fraction of sp³-hybridized carbons (Fsp3) is 0.786. The van der Waals surface area contributed by atoms with Gasteiger partial charge in [-0.25, -0.2) is 0 Å². The molecule has 0 aliphatic heterocycles. The predicted molar refractivity (Wildman–Crippen MR) is 71.0 cm³/mol. The second kappa shape index (κ2) is 5.21. The van der Waals surface area contributed by atoms with Crippen LogP contribution in [0.2, 0.25) is 0 Å². The Kier molecular flexibility index (Phi) is 3.87. The first-order chi connectivity index (χ1) is 8.12. The van der Waals surface area contributed by atoms with Crippen molar-refractivity contribution in [1.82, 2.24) is 15.1 Å². The highest BCUT2D eigenvalue weighted by atomic mass is 15.3. The maximum Gasteiger partial charge on any atom is 0.0677 e. The molecule has 0 radical (unpaired) electrons. The Morgan fingerprint density at radius 2 is 2.29 bits per heavy atom. The minimum atomic E-state index is 0.445. The van der Waals surface area contributed by atoms with Gasteiger partial charge in [0, 0.05) is 18.4 Å². The van der Waals surface area contributed by atoms with Gasteiger partial charge in [0.05, 0.1) is 6.04 Å². The summed E-state index contributed by atoms with van der Waals surface area (Å²) in [5.74, 6) is 0. The lowest BCUT2D eigenvalue weighted by molar-refractivity contribution is 0.134. The van der Waals surface area contributed by atoms with Crippen molar-refractivity contribution in [3.05, 3.63) is 18.5 Å². The molecule has 17 heavy (non-hydrogen) atoms. The zero-order chi connectivity index (χ0) is 12.3. The van der Waals surface area contributed by atoms with Gasteiger partial charge in [-0.2, -0.15) is 5.10 Å². The molecule has 1 saturated carbocycles. The second-order valence-electron chi connectivity index (χ2n) is 6.02. The van der Waals surface area contributed by atoms with E-state index in [4.69, 9.17) is 0 Å². The number of aromatic nitrogens is 2. The van der Waals surface area contributed by atoms with Gasteiger partial charge in [0.2, 0.25) is 0 Å². The van der Waals surface area contributed by atoms with E-state index in [-0.39, 0.29) is 0 Å². The van der Waals surface area contributed by atoms with E-state index in [1.165, 1.54) is 25.7 Å². The van der Waals surface area contributed by atoms with Crippen LogP contribution in [0.4, 0.5) is 0 Å². The smallest absolute Gasteiger partial charge is 0.0677 e. The summed E-state index contributed by atoms with van der Waals surface area (Å²) in [5.41, 5.74) is 0.445. The van der Waals surface area contributed by atoms with Gasteiger partial charge in [-0.3, -0.25) is 4.68 Å². The van der Waals surface area contributed by atoms with Gasteiger partial charge in [0.15, 0.2) is 0 Å². The molecule has 2 rings (SSSR count). The first-order valence-electron chi connectivity index (χ1n) is 6.85. The molecule has 1 aliphatic rings. The Labute approximate surface area is 105 Å². The zero-order valence-electron chi connectivity index (χ0n) is 11.3. The first kappa shape index (κ1) is 12.6. The van der Waals surface area contributed by atoms with Crippen LogP contribution in [-0.2, 0) is 0 Å². The van der Waals surface area contributed by atoms with Crippen molar-refractivity contribution in [2.45, 2.75) is 58.5 Å². The van der Waals surface area contributed by atoms with E-state index in [9.17, 15) is 0 Å². The zero-order valence-corrected chi connectivity index (χ0v) is 11.3. The lowest BCUT2D eigenvalue weighted by Crippen LogP contribution is -2.44. The molecule has 1 fully saturated rings. The summed E-state index contributed by atoms with van der Waals surface area (Å²) < 4.78 is 2.15. The Morgan fingerprint density at radius 3 is 2.94 bits per heavy atom. The van der Waals surface area contributed by atoms with Gasteiger partial charge >= 0.3 is 0 Å². The van der Waals surface area contributed by atoms with Gasteiger partial charge in [-0.05, 0) is 43.7 Å². The summed E-state index contributed by atoms with van der Waals surface area (Å²) in [6, 6.07) is 3.13. The molecule has 1 N–H and O–H groups in total. The Hall–Kier alpha value is -0.830. The van der Waals surface area contributed by atoms with Crippen molar-refractivity contribution in [3.8, 4) is 0 Å². The summed E-state index contributed by atoms with van der Waals surface area (Å²) in [6.07, 6.45) is 8.98. The molecule has 2 atom stereocenters. The number of rotatable bonds is 4. The standard InChI is InChI=1S/C14H25N3/c1-4-8-15-12-6-7-14(2,3)11-13(12)17-10-5-9-16-17/h5,9-10,12-13,15H,4,6-8,11H2,1-3H3. The first-order valence-corrected chi connectivity index (χ1v) is 6.85. The molecule has 1 heterocycles. The predicted octanol–water partition coefficient (Wildman–Crippen LogP) is 3.00. The fourth-order valence-corrected chi connectivity index (χ4v) is 2.87. The molecule has 0 aromatic carbocycles. The average Bonchev–Trinajstić information content (AvgIpc) is 2.80. The summed E-state index contributed by atoms with van der Waals surface area (Å²) >= 11 is 0. The molecule has 1 aromatic heterocycles. The van der Waals surface area contributed by atoms with Gasteiger partial charge in [-0.15, -0.1) is 0 Å². The monoisotopic (exact) mass is 235 g/mol. The molecule has 2 unspecified atom stereocenters. The van der Waals surface area contributed by atoms with Gasteiger partial charge in [-0.1, -0.05) is 20.8 Å². The number of nitrogens with one attached hydrogen (secondary N) is 1. The topological polar surface area (TPSA) is 29.9 Å². The Balaban J connectivity index is 2.09. The van der Waals surface area contributed by atoms with Crippen molar-refractivity contribution < 1.29 is 0 Å². The highest BCUT2D eigenvalue weighted by Crippen LogP contribution is 2.40. The molecule has 0 spiro atoms. The van der Waals surface area contributed by atoms with E-state index in [0.717, 1.165) is 6.54 Å². The van der Waals surface area contributed by atoms with E-state index >= 15 is 0 Å². The van der Waals surface area contributed by atoms with E-state index in [2.05, 4.69) is 42.1 Å². The molecular formula is C14H25N3. The normalized spacial score (nSPS) is 28.2.